The lowest BCUT2D eigenvalue weighted by molar-refractivity contribution is -0.126. The third kappa shape index (κ3) is 3.20. The number of halogens is 1. The van der Waals surface area contributed by atoms with Gasteiger partial charge in [0.15, 0.2) is 23.1 Å². The molecule has 2 aliphatic rings. The van der Waals surface area contributed by atoms with Gasteiger partial charge in [-0.05, 0) is 37.6 Å². The Morgan fingerprint density at radius 2 is 1.85 bits per heavy atom. The van der Waals surface area contributed by atoms with Gasteiger partial charge in [0, 0.05) is 12.0 Å². The van der Waals surface area contributed by atoms with Gasteiger partial charge in [-0.3, -0.25) is 4.79 Å². The van der Waals surface area contributed by atoms with Crippen LogP contribution in [0.2, 0.25) is 0 Å². The predicted molar refractivity (Wildman–Crippen MR) is 97.9 cm³/mol. The maximum Gasteiger partial charge on any atom is 0.230 e. The lowest BCUT2D eigenvalue weighted by atomic mass is 9.83. The second kappa shape index (κ2) is 6.76. The Balaban J connectivity index is 1.57. The summed E-state index contributed by atoms with van der Waals surface area (Å²) in [5.74, 6) is 1.03. The molecule has 5 nitrogen and oxygen atoms in total. The summed E-state index contributed by atoms with van der Waals surface area (Å²) in [6.07, 6.45) is 0.597. The zero-order valence-electron chi connectivity index (χ0n) is 15.4. The number of fused-ring (bicyclic) bond motifs is 2. The van der Waals surface area contributed by atoms with Crippen LogP contribution >= 0.6 is 0 Å². The molecule has 2 aromatic carbocycles. The van der Waals surface area contributed by atoms with Crippen molar-refractivity contribution in [3.05, 3.63) is 53.3 Å². The Kier molecular flexibility index (Phi) is 4.42. The highest BCUT2D eigenvalue weighted by Crippen LogP contribution is 2.37. The Morgan fingerprint density at radius 1 is 1.07 bits per heavy atom. The van der Waals surface area contributed by atoms with Crippen LogP contribution in [0.25, 0.3) is 0 Å². The van der Waals surface area contributed by atoms with E-state index < -0.39 is 11.2 Å². The number of carbonyl (C=O) groups excluding carboxylic acids is 1. The third-order valence-corrected chi connectivity index (χ3v) is 5.16. The molecule has 0 radical (unpaired) electrons. The topological polar surface area (TPSA) is 56.8 Å². The van der Waals surface area contributed by atoms with Gasteiger partial charge in [0.1, 0.15) is 13.2 Å². The zero-order chi connectivity index (χ0) is 19.0. The molecule has 1 atom stereocenters. The maximum absolute atomic E-state index is 14.0. The van der Waals surface area contributed by atoms with Gasteiger partial charge in [-0.15, -0.1) is 0 Å². The molecule has 0 aromatic heterocycles. The van der Waals surface area contributed by atoms with Crippen LogP contribution in [0.3, 0.4) is 0 Å². The van der Waals surface area contributed by atoms with Crippen LogP contribution in [0.1, 0.15) is 37.4 Å². The molecule has 0 fully saturated rings. The summed E-state index contributed by atoms with van der Waals surface area (Å²) >= 11 is 0. The molecule has 0 saturated heterocycles. The summed E-state index contributed by atoms with van der Waals surface area (Å²) in [6, 6.07) is 10.1. The summed E-state index contributed by atoms with van der Waals surface area (Å²) in [6.45, 7) is 5.10. The van der Waals surface area contributed by atoms with Crippen LogP contribution in [0.4, 0.5) is 4.39 Å². The predicted octanol–water partition coefficient (Wildman–Crippen LogP) is 3.51. The highest BCUT2D eigenvalue weighted by atomic mass is 19.1. The van der Waals surface area contributed by atoms with Gasteiger partial charge in [0.25, 0.3) is 0 Å². The molecule has 142 valence electrons. The molecular weight excluding hydrogens is 349 g/mol. The Labute approximate surface area is 157 Å². The van der Waals surface area contributed by atoms with E-state index >= 15 is 0 Å². The van der Waals surface area contributed by atoms with Crippen LogP contribution in [0.15, 0.2) is 36.4 Å². The third-order valence-electron chi connectivity index (χ3n) is 5.16. The SMILES string of the molecule is CC(C)(C(=O)N[C@H]1CCOc2c(F)cccc21)c1ccc2c(c1)OCCO2. The lowest BCUT2D eigenvalue weighted by Crippen LogP contribution is -2.43. The van der Waals surface area contributed by atoms with Gasteiger partial charge >= 0.3 is 0 Å². The van der Waals surface area contributed by atoms with Gasteiger partial charge in [-0.1, -0.05) is 18.2 Å². The first-order valence-corrected chi connectivity index (χ1v) is 9.09. The molecule has 2 aliphatic heterocycles. The zero-order valence-corrected chi connectivity index (χ0v) is 15.4. The highest BCUT2D eigenvalue weighted by molar-refractivity contribution is 5.88. The quantitative estimate of drug-likeness (QED) is 0.897. The summed E-state index contributed by atoms with van der Waals surface area (Å²) in [7, 11) is 0. The van der Waals surface area contributed by atoms with E-state index in [0.717, 1.165) is 5.56 Å². The number of amides is 1. The minimum atomic E-state index is -0.790. The van der Waals surface area contributed by atoms with E-state index in [1.165, 1.54) is 6.07 Å². The normalized spacial score (nSPS) is 18.3. The van der Waals surface area contributed by atoms with Gasteiger partial charge in [0.05, 0.1) is 18.1 Å². The fourth-order valence-corrected chi connectivity index (χ4v) is 3.44. The van der Waals surface area contributed by atoms with Crippen molar-refractivity contribution in [2.45, 2.75) is 31.7 Å². The average molecular weight is 371 g/mol. The smallest absolute Gasteiger partial charge is 0.230 e. The van der Waals surface area contributed by atoms with E-state index in [0.29, 0.717) is 43.3 Å². The molecule has 27 heavy (non-hydrogen) atoms. The number of rotatable bonds is 3. The van der Waals surface area contributed by atoms with Crippen LogP contribution in [0.5, 0.6) is 17.2 Å². The summed E-state index contributed by atoms with van der Waals surface area (Å²) in [4.78, 5) is 13.1. The van der Waals surface area contributed by atoms with Crippen molar-refractivity contribution in [3.63, 3.8) is 0 Å². The molecule has 6 heteroatoms. The summed E-state index contributed by atoms with van der Waals surface area (Å²) in [5, 5.41) is 3.06. The number of ether oxygens (including phenoxy) is 3. The molecule has 0 bridgehead atoms. The van der Waals surface area contributed by atoms with Crippen molar-refractivity contribution in [1.29, 1.82) is 0 Å². The van der Waals surface area contributed by atoms with Crippen molar-refractivity contribution in [3.8, 4) is 17.2 Å². The fourth-order valence-electron chi connectivity index (χ4n) is 3.44. The molecule has 4 rings (SSSR count). The Hall–Kier alpha value is -2.76. The van der Waals surface area contributed by atoms with E-state index in [2.05, 4.69) is 5.32 Å². The van der Waals surface area contributed by atoms with E-state index in [4.69, 9.17) is 14.2 Å². The van der Waals surface area contributed by atoms with Crippen molar-refractivity contribution < 1.29 is 23.4 Å². The van der Waals surface area contributed by atoms with E-state index in [1.54, 1.807) is 12.1 Å². The molecule has 2 heterocycles. The second-order valence-corrected chi connectivity index (χ2v) is 7.30. The Bertz CT molecular complexity index is 880. The van der Waals surface area contributed by atoms with Crippen LogP contribution in [-0.4, -0.2) is 25.7 Å². The maximum atomic E-state index is 14.0. The number of hydrogen-bond donors (Lipinski definition) is 1. The molecule has 0 unspecified atom stereocenters. The van der Waals surface area contributed by atoms with Gasteiger partial charge in [0.2, 0.25) is 5.91 Å². The van der Waals surface area contributed by atoms with Crippen molar-refractivity contribution in [2.75, 3.05) is 19.8 Å². The first-order chi connectivity index (χ1) is 13.0. The first kappa shape index (κ1) is 17.6. The number of benzene rings is 2. The van der Waals surface area contributed by atoms with Crippen molar-refractivity contribution >= 4 is 5.91 Å². The molecule has 0 saturated carbocycles. The van der Waals surface area contributed by atoms with Crippen LogP contribution < -0.4 is 19.5 Å². The first-order valence-electron chi connectivity index (χ1n) is 9.09. The van der Waals surface area contributed by atoms with Crippen molar-refractivity contribution in [1.82, 2.24) is 5.32 Å². The molecular formula is C21H22FNO4. The second-order valence-electron chi connectivity index (χ2n) is 7.30. The molecule has 1 N–H and O–H groups in total. The number of carbonyl (C=O) groups is 1. The van der Waals surface area contributed by atoms with E-state index in [1.807, 2.05) is 32.0 Å². The van der Waals surface area contributed by atoms with E-state index in [9.17, 15) is 9.18 Å². The van der Waals surface area contributed by atoms with Gasteiger partial charge < -0.3 is 19.5 Å². The lowest BCUT2D eigenvalue weighted by Gasteiger charge is -2.31. The van der Waals surface area contributed by atoms with E-state index in [-0.39, 0.29) is 17.7 Å². The number of para-hydroxylation sites is 1. The highest BCUT2D eigenvalue weighted by Gasteiger charge is 2.34. The minimum absolute atomic E-state index is 0.138. The molecule has 1 amide bonds. The van der Waals surface area contributed by atoms with Gasteiger partial charge in [-0.25, -0.2) is 4.39 Å². The standard InChI is InChI=1S/C21H22FNO4/c1-21(2,13-6-7-17-18(12-13)26-11-10-25-17)20(24)23-16-8-9-27-19-14(16)4-3-5-15(19)22/h3-7,12,16H,8-11H2,1-2H3,(H,23,24)/t16-/m0/s1. The minimum Gasteiger partial charge on any atom is -0.490 e. The fraction of sp³-hybridized carbons (Fsp3) is 0.381. The summed E-state index contributed by atoms with van der Waals surface area (Å²) in [5.41, 5.74) is 0.713. The summed E-state index contributed by atoms with van der Waals surface area (Å²) < 4.78 is 30.6. The van der Waals surface area contributed by atoms with Crippen LogP contribution in [-0.2, 0) is 10.2 Å². The number of hydrogen-bond acceptors (Lipinski definition) is 4. The monoisotopic (exact) mass is 371 g/mol. The van der Waals surface area contributed by atoms with Crippen LogP contribution in [0, 0.1) is 5.82 Å². The van der Waals surface area contributed by atoms with Gasteiger partial charge in [-0.2, -0.15) is 0 Å². The average Bonchev–Trinajstić information content (AvgIpc) is 2.68. The Morgan fingerprint density at radius 3 is 2.67 bits per heavy atom. The van der Waals surface area contributed by atoms with Crippen molar-refractivity contribution in [2.24, 2.45) is 0 Å². The largest absolute Gasteiger partial charge is 0.490 e. The molecule has 0 spiro atoms. The molecule has 2 aromatic rings. The molecule has 0 aliphatic carbocycles. The number of nitrogens with one attached hydrogen (secondary N) is 1.